The molecular weight excluding hydrogens is 226 g/mol. The zero-order valence-corrected chi connectivity index (χ0v) is 11.0. The van der Waals surface area contributed by atoms with E-state index in [9.17, 15) is 4.79 Å². The maximum atomic E-state index is 11.9. The first-order valence-corrected chi connectivity index (χ1v) is 6.18. The summed E-state index contributed by atoms with van der Waals surface area (Å²) in [7, 11) is 0. The number of nitrogens with two attached hydrogens (primary N) is 1. The molecule has 4 nitrogen and oxygen atoms in total. The second-order valence-electron chi connectivity index (χ2n) is 5.32. The quantitative estimate of drug-likeness (QED) is 0.848. The van der Waals surface area contributed by atoms with Gasteiger partial charge in [-0.15, -0.1) is 0 Å². The van der Waals surface area contributed by atoms with Crippen LogP contribution >= 0.6 is 0 Å². The first-order chi connectivity index (χ1) is 8.41. The lowest BCUT2D eigenvalue weighted by Crippen LogP contribution is -2.37. The number of guanidine groups is 1. The van der Waals surface area contributed by atoms with Crippen molar-refractivity contribution in [2.45, 2.75) is 32.7 Å². The van der Waals surface area contributed by atoms with Crippen molar-refractivity contribution in [2.75, 3.05) is 0 Å². The van der Waals surface area contributed by atoms with Crippen molar-refractivity contribution in [3.05, 3.63) is 35.4 Å². The first-order valence-electron chi connectivity index (χ1n) is 6.18. The molecule has 0 saturated carbocycles. The van der Waals surface area contributed by atoms with Crippen molar-refractivity contribution < 1.29 is 4.79 Å². The standard InChI is InChI=1S/C14H19N3O/c1-9(2)8-10-4-6-11(7-5-10)14(3)12(18)16-13(15)17-14/h4-7,9H,8H2,1-3H3,(H3,15,16,17,18). The van der Waals surface area contributed by atoms with Crippen LogP contribution in [-0.4, -0.2) is 11.9 Å². The molecule has 1 aliphatic rings. The number of rotatable bonds is 3. The molecule has 0 saturated heterocycles. The lowest BCUT2D eigenvalue weighted by molar-refractivity contribution is -0.123. The van der Waals surface area contributed by atoms with Gasteiger partial charge in [0.2, 0.25) is 0 Å². The van der Waals surface area contributed by atoms with Gasteiger partial charge in [0.25, 0.3) is 5.91 Å². The Kier molecular flexibility index (Phi) is 3.11. The summed E-state index contributed by atoms with van der Waals surface area (Å²) in [5, 5.41) is 2.54. The summed E-state index contributed by atoms with van der Waals surface area (Å²) in [5.74, 6) is 0.639. The van der Waals surface area contributed by atoms with Crippen LogP contribution in [0.5, 0.6) is 0 Å². The Labute approximate surface area is 107 Å². The van der Waals surface area contributed by atoms with Crippen LogP contribution in [0.3, 0.4) is 0 Å². The molecule has 3 N–H and O–H groups in total. The Balaban J connectivity index is 2.27. The predicted octanol–water partition coefficient (Wildman–Crippen LogP) is 1.54. The number of carbonyl (C=O) groups excluding carboxylic acids is 1. The first kappa shape index (κ1) is 12.6. The van der Waals surface area contributed by atoms with E-state index in [4.69, 9.17) is 5.73 Å². The molecule has 96 valence electrons. The van der Waals surface area contributed by atoms with E-state index in [1.807, 2.05) is 12.1 Å². The van der Waals surface area contributed by atoms with Crippen LogP contribution in [-0.2, 0) is 16.8 Å². The predicted molar refractivity (Wildman–Crippen MR) is 72.1 cm³/mol. The highest BCUT2D eigenvalue weighted by Gasteiger charge is 2.39. The minimum absolute atomic E-state index is 0.170. The highest BCUT2D eigenvalue weighted by molar-refractivity contribution is 6.06. The van der Waals surface area contributed by atoms with Crippen molar-refractivity contribution in [1.82, 2.24) is 5.32 Å². The molecule has 1 aliphatic heterocycles. The van der Waals surface area contributed by atoms with E-state index in [2.05, 4.69) is 36.3 Å². The average Bonchev–Trinajstić information content (AvgIpc) is 2.53. The number of amides is 1. The van der Waals surface area contributed by atoms with Gasteiger partial charge in [0.1, 0.15) is 0 Å². The normalized spacial score (nSPS) is 23.1. The summed E-state index contributed by atoms with van der Waals surface area (Å²) in [6, 6.07) is 8.02. The zero-order valence-electron chi connectivity index (χ0n) is 11.0. The summed E-state index contributed by atoms with van der Waals surface area (Å²) in [5.41, 5.74) is 6.80. The highest BCUT2D eigenvalue weighted by Crippen LogP contribution is 2.28. The van der Waals surface area contributed by atoms with Gasteiger partial charge >= 0.3 is 0 Å². The van der Waals surface area contributed by atoms with Crippen LogP contribution < -0.4 is 11.1 Å². The van der Waals surface area contributed by atoms with Gasteiger partial charge in [-0.05, 0) is 30.4 Å². The summed E-state index contributed by atoms with van der Waals surface area (Å²) in [4.78, 5) is 16.1. The third kappa shape index (κ3) is 2.23. The van der Waals surface area contributed by atoms with Crippen molar-refractivity contribution in [3.8, 4) is 0 Å². The second kappa shape index (κ2) is 4.44. The van der Waals surface area contributed by atoms with Crippen LogP contribution in [0.25, 0.3) is 0 Å². The van der Waals surface area contributed by atoms with E-state index in [1.165, 1.54) is 5.56 Å². The lowest BCUT2D eigenvalue weighted by atomic mass is 9.91. The second-order valence-corrected chi connectivity index (χ2v) is 5.32. The molecule has 1 heterocycles. The van der Waals surface area contributed by atoms with Gasteiger partial charge in [0.05, 0.1) is 0 Å². The molecule has 0 aliphatic carbocycles. The molecule has 1 atom stereocenters. The molecule has 2 rings (SSSR count). The summed E-state index contributed by atoms with van der Waals surface area (Å²) < 4.78 is 0. The van der Waals surface area contributed by atoms with Crippen molar-refractivity contribution in [3.63, 3.8) is 0 Å². The van der Waals surface area contributed by atoms with Crippen LogP contribution in [0.15, 0.2) is 29.3 Å². The van der Waals surface area contributed by atoms with Crippen LogP contribution in [0.1, 0.15) is 31.9 Å². The highest BCUT2D eigenvalue weighted by atomic mass is 16.2. The molecule has 1 unspecified atom stereocenters. The van der Waals surface area contributed by atoms with Crippen LogP contribution in [0.2, 0.25) is 0 Å². The third-order valence-corrected chi connectivity index (χ3v) is 3.19. The fraction of sp³-hybridized carbons (Fsp3) is 0.429. The van der Waals surface area contributed by atoms with Gasteiger partial charge in [-0.25, -0.2) is 4.99 Å². The topological polar surface area (TPSA) is 67.5 Å². The Hall–Kier alpha value is -1.84. The number of hydrogen-bond donors (Lipinski definition) is 2. The Morgan fingerprint density at radius 3 is 2.39 bits per heavy atom. The Bertz CT molecular complexity index is 490. The van der Waals surface area contributed by atoms with E-state index < -0.39 is 5.54 Å². The smallest absolute Gasteiger partial charge is 0.259 e. The number of benzene rings is 1. The number of nitrogens with zero attached hydrogens (tertiary/aromatic N) is 1. The Morgan fingerprint density at radius 2 is 1.94 bits per heavy atom. The maximum Gasteiger partial charge on any atom is 0.259 e. The molecule has 0 spiro atoms. The van der Waals surface area contributed by atoms with Crippen molar-refractivity contribution in [2.24, 2.45) is 16.6 Å². The van der Waals surface area contributed by atoms with E-state index in [0.717, 1.165) is 12.0 Å². The van der Waals surface area contributed by atoms with Crippen molar-refractivity contribution >= 4 is 11.9 Å². The maximum absolute atomic E-state index is 11.9. The number of aliphatic imine (C=N–C) groups is 1. The van der Waals surface area contributed by atoms with Crippen molar-refractivity contribution in [1.29, 1.82) is 0 Å². The number of hydrogen-bond acceptors (Lipinski definition) is 3. The van der Waals surface area contributed by atoms with E-state index >= 15 is 0 Å². The van der Waals surface area contributed by atoms with Gasteiger partial charge in [0.15, 0.2) is 11.5 Å². The largest absolute Gasteiger partial charge is 0.370 e. The molecule has 0 fully saturated rings. The van der Waals surface area contributed by atoms with Gasteiger partial charge in [-0.1, -0.05) is 38.1 Å². The molecule has 1 amide bonds. The van der Waals surface area contributed by atoms with Gasteiger partial charge in [-0.2, -0.15) is 0 Å². The molecule has 18 heavy (non-hydrogen) atoms. The molecule has 0 radical (unpaired) electrons. The molecule has 0 aromatic heterocycles. The van der Waals surface area contributed by atoms with E-state index in [1.54, 1.807) is 6.92 Å². The van der Waals surface area contributed by atoms with Crippen LogP contribution in [0, 0.1) is 5.92 Å². The lowest BCUT2D eigenvalue weighted by Gasteiger charge is -2.18. The van der Waals surface area contributed by atoms with Crippen LogP contribution in [0.4, 0.5) is 0 Å². The minimum Gasteiger partial charge on any atom is -0.370 e. The average molecular weight is 245 g/mol. The Morgan fingerprint density at radius 1 is 1.33 bits per heavy atom. The molecule has 1 aromatic carbocycles. The van der Waals surface area contributed by atoms with Gasteiger partial charge in [0, 0.05) is 0 Å². The molecular formula is C14H19N3O. The molecule has 4 heteroatoms. The molecule has 0 bridgehead atoms. The number of carbonyl (C=O) groups is 1. The fourth-order valence-corrected chi connectivity index (χ4v) is 2.19. The van der Waals surface area contributed by atoms with E-state index in [0.29, 0.717) is 5.92 Å². The third-order valence-electron chi connectivity index (χ3n) is 3.19. The fourth-order valence-electron chi connectivity index (χ4n) is 2.19. The minimum atomic E-state index is -0.888. The van der Waals surface area contributed by atoms with E-state index in [-0.39, 0.29) is 11.9 Å². The molecule has 1 aromatic rings. The number of nitrogens with one attached hydrogen (secondary N) is 1. The summed E-state index contributed by atoms with van der Waals surface area (Å²) >= 11 is 0. The monoisotopic (exact) mass is 245 g/mol. The van der Waals surface area contributed by atoms with Gasteiger partial charge in [-0.3, -0.25) is 10.1 Å². The van der Waals surface area contributed by atoms with Gasteiger partial charge < -0.3 is 5.73 Å². The summed E-state index contributed by atoms with van der Waals surface area (Å²) in [6.07, 6.45) is 1.04. The SMILES string of the molecule is CC(C)Cc1ccc(C2(C)N=C(N)NC2=O)cc1. The zero-order chi connectivity index (χ0) is 13.3. The summed E-state index contributed by atoms with van der Waals surface area (Å²) in [6.45, 7) is 6.15.